The lowest BCUT2D eigenvalue weighted by Gasteiger charge is -2.16. The zero-order valence-corrected chi connectivity index (χ0v) is 30.0. The standard InChI is InChI=1S/C34H53N7O9S/c35-27-20-24(7-8-26(27)29(42)9-10-32(44)45)4-3-13-50-22-25(41-36)21-37-11-14-47-16-18-49-19-17-48-15-12-38-31(43)6-2-1-5-30-33-28(23-51-30)39-34(46)40-33/h7-8,20-21,28,30,33H,1-6,9-19,22-23,35-36H2,(H,38,43)(H,44,45)(H2,39,40,46)/t28-,30-,33-/m0/s1. The van der Waals surface area contributed by atoms with Crippen LogP contribution in [0.4, 0.5) is 10.5 Å². The molecule has 2 aliphatic rings. The Hall–Kier alpha value is -3.77. The number of aliphatic imine (C=N–C) groups is 1. The average molecular weight is 736 g/mol. The van der Waals surface area contributed by atoms with Crippen LogP contribution in [0.5, 0.6) is 0 Å². The number of Topliss-reactive ketones (excluding diaryl/α,β-unsaturated/α-hetero) is 1. The average Bonchev–Trinajstić information content (AvgIpc) is 3.67. The molecule has 17 heteroatoms. The number of carbonyl (C=O) groups excluding carboxylic acids is 3. The summed E-state index contributed by atoms with van der Waals surface area (Å²) in [6, 6.07) is 5.55. The van der Waals surface area contributed by atoms with Gasteiger partial charge in [-0.2, -0.15) is 16.9 Å². The van der Waals surface area contributed by atoms with E-state index in [9.17, 15) is 19.2 Å². The van der Waals surface area contributed by atoms with Gasteiger partial charge in [-0.25, -0.2) is 4.79 Å². The maximum absolute atomic E-state index is 12.1. The summed E-state index contributed by atoms with van der Waals surface area (Å²) in [4.78, 5) is 50.6. The number of nitrogens with zero attached hydrogens (tertiary/aromatic N) is 2. The number of carboxylic acid groups (broad SMARTS) is 1. The number of unbranched alkanes of at least 4 members (excludes halogenated alkanes) is 1. The predicted octanol–water partition coefficient (Wildman–Crippen LogP) is 1.54. The van der Waals surface area contributed by atoms with Gasteiger partial charge in [0.15, 0.2) is 5.78 Å². The SMILES string of the molecule is NN=C(C=NCCOCCOCCOCCNC(=O)CCCC[C@@H]1SC[C@@H]2NC(=O)N[C@@H]21)COCCCc1ccc(C(=O)CCC(=O)O)c(N)c1. The van der Waals surface area contributed by atoms with Crippen molar-refractivity contribution in [3.8, 4) is 0 Å². The van der Waals surface area contributed by atoms with Gasteiger partial charge in [-0.05, 0) is 43.4 Å². The number of carbonyl (C=O) groups is 4. The molecule has 2 heterocycles. The Labute approximate surface area is 303 Å². The second kappa shape index (κ2) is 24.4. The molecule has 2 fully saturated rings. The third-order valence-corrected chi connectivity index (χ3v) is 9.66. The highest BCUT2D eigenvalue weighted by atomic mass is 32.2. The van der Waals surface area contributed by atoms with Crippen molar-refractivity contribution in [2.24, 2.45) is 15.9 Å². The minimum atomic E-state index is -1.02. The van der Waals surface area contributed by atoms with Gasteiger partial charge in [0.2, 0.25) is 5.91 Å². The predicted molar refractivity (Wildman–Crippen MR) is 196 cm³/mol. The van der Waals surface area contributed by atoms with E-state index in [0.717, 1.165) is 30.6 Å². The van der Waals surface area contributed by atoms with Gasteiger partial charge < -0.3 is 51.6 Å². The van der Waals surface area contributed by atoms with Crippen molar-refractivity contribution in [2.75, 3.05) is 77.4 Å². The van der Waals surface area contributed by atoms with E-state index >= 15 is 0 Å². The van der Waals surface area contributed by atoms with Crippen LogP contribution in [0.1, 0.15) is 60.9 Å². The minimum absolute atomic E-state index is 0.0247. The highest BCUT2D eigenvalue weighted by molar-refractivity contribution is 8.00. The molecule has 0 aromatic heterocycles. The second-order valence-corrected chi connectivity index (χ2v) is 13.4. The zero-order valence-electron chi connectivity index (χ0n) is 29.1. The van der Waals surface area contributed by atoms with E-state index in [0.29, 0.717) is 101 Å². The normalized spacial score (nSPS) is 18.5. The van der Waals surface area contributed by atoms with Crippen LogP contribution < -0.4 is 27.5 Å². The van der Waals surface area contributed by atoms with Gasteiger partial charge in [0.1, 0.15) is 5.71 Å². The second-order valence-electron chi connectivity index (χ2n) is 12.1. The van der Waals surface area contributed by atoms with Crippen molar-refractivity contribution in [1.29, 1.82) is 0 Å². The number of urea groups is 1. The Bertz CT molecular complexity index is 1320. The van der Waals surface area contributed by atoms with Crippen molar-refractivity contribution >= 4 is 53.1 Å². The Morgan fingerprint density at radius 3 is 2.47 bits per heavy atom. The monoisotopic (exact) mass is 735 g/mol. The molecular weight excluding hydrogens is 682 g/mol. The molecule has 16 nitrogen and oxygen atoms in total. The third-order valence-electron chi connectivity index (χ3n) is 8.15. The van der Waals surface area contributed by atoms with Crippen LogP contribution in [0.25, 0.3) is 0 Å². The van der Waals surface area contributed by atoms with E-state index in [1.807, 2.05) is 17.8 Å². The Kier molecular flexibility index (Phi) is 19.9. The molecule has 1 aromatic carbocycles. The zero-order chi connectivity index (χ0) is 36.7. The molecule has 0 unspecified atom stereocenters. The quantitative estimate of drug-likeness (QED) is 0.0137. The molecule has 3 amide bonds. The molecule has 0 aliphatic carbocycles. The van der Waals surface area contributed by atoms with Gasteiger partial charge in [-0.3, -0.25) is 19.4 Å². The molecule has 284 valence electrons. The van der Waals surface area contributed by atoms with Gasteiger partial charge in [0.25, 0.3) is 0 Å². The molecule has 0 bridgehead atoms. The number of nitrogens with one attached hydrogen (secondary N) is 3. The van der Waals surface area contributed by atoms with Gasteiger partial charge in [-0.15, -0.1) is 0 Å². The fraction of sp³-hybridized carbons (Fsp3) is 0.647. The summed E-state index contributed by atoms with van der Waals surface area (Å²) < 4.78 is 22.2. The summed E-state index contributed by atoms with van der Waals surface area (Å²) in [5.41, 5.74) is 8.13. The molecule has 3 rings (SSSR count). The topological polar surface area (TPSA) is 238 Å². The molecule has 1 aromatic rings. The number of benzene rings is 1. The Balaban J connectivity index is 1.07. The summed E-state index contributed by atoms with van der Waals surface area (Å²) in [6.07, 6.45) is 5.92. The number of amides is 3. The number of hydrogen-bond donors (Lipinski definition) is 6. The molecule has 0 radical (unpaired) electrons. The van der Waals surface area contributed by atoms with E-state index in [4.69, 9.17) is 35.6 Å². The lowest BCUT2D eigenvalue weighted by molar-refractivity contribution is -0.137. The number of nitrogen functional groups attached to an aromatic ring is 1. The van der Waals surface area contributed by atoms with Gasteiger partial charge in [0.05, 0.1) is 71.3 Å². The number of anilines is 1. The van der Waals surface area contributed by atoms with Crippen LogP contribution >= 0.6 is 11.8 Å². The summed E-state index contributed by atoms with van der Waals surface area (Å²) >= 11 is 1.89. The molecule has 2 aliphatic heterocycles. The number of nitrogens with two attached hydrogens (primary N) is 2. The number of aliphatic carboxylic acids is 1. The van der Waals surface area contributed by atoms with Crippen molar-refractivity contribution in [1.82, 2.24) is 16.0 Å². The van der Waals surface area contributed by atoms with Gasteiger partial charge >= 0.3 is 12.0 Å². The van der Waals surface area contributed by atoms with E-state index in [1.165, 1.54) is 0 Å². The Morgan fingerprint density at radius 2 is 1.73 bits per heavy atom. The third kappa shape index (κ3) is 16.9. The van der Waals surface area contributed by atoms with E-state index < -0.39 is 5.97 Å². The summed E-state index contributed by atoms with van der Waals surface area (Å²) in [5, 5.41) is 21.7. The van der Waals surface area contributed by atoms with E-state index in [2.05, 4.69) is 26.0 Å². The Morgan fingerprint density at radius 1 is 0.961 bits per heavy atom. The van der Waals surface area contributed by atoms with Crippen LogP contribution in [-0.2, 0) is 35.0 Å². The number of ketones is 1. The number of aryl methyl sites for hydroxylation is 1. The maximum atomic E-state index is 12.1. The number of ether oxygens (including phenoxy) is 4. The van der Waals surface area contributed by atoms with Crippen molar-refractivity contribution in [3.05, 3.63) is 29.3 Å². The lowest BCUT2D eigenvalue weighted by Crippen LogP contribution is -2.36. The molecule has 3 atom stereocenters. The number of fused-ring (bicyclic) bond motifs is 1. The van der Waals surface area contributed by atoms with Gasteiger partial charge in [-0.1, -0.05) is 12.5 Å². The summed E-state index contributed by atoms with van der Waals surface area (Å²) in [5.74, 6) is 5.11. The molecular formula is C34H53N7O9S. The first-order valence-corrected chi connectivity index (χ1v) is 18.5. The summed E-state index contributed by atoms with van der Waals surface area (Å²) in [7, 11) is 0. The van der Waals surface area contributed by atoms with Crippen LogP contribution in [0.3, 0.4) is 0 Å². The van der Waals surface area contributed by atoms with Crippen LogP contribution in [0, 0.1) is 0 Å². The number of thioether (sulfide) groups is 1. The fourth-order valence-corrected chi connectivity index (χ4v) is 7.04. The number of hydrazone groups is 1. The van der Waals surface area contributed by atoms with Crippen molar-refractivity contribution in [3.63, 3.8) is 0 Å². The molecule has 0 spiro atoms. The largest absolute Gasteiger partial charge is 0.481 e. The lowest BCUT2D eigenvalue weighted by atomic mass is 10.0. The van der Waals surface area contributed by atoms with Crippen LogP contribution in [0.15, 0.2) is 28.3 Å². The van der Waals surface area contributed by atoms with Crippen LogP contribution in [0.2, 0.25) is 0 Å². The first kappa shape index (κ1) is 41.6. The highest BCUT2D eigenvalue weighted by Gasteiger charge is 2.42. The maximum Gasteiger partial charge on any atom is 0.315 e. The van der Waals surface area contributed by atoms with Crippen LogP contribution in [-0.4, -0.2) is 130 Å². The number of carboxylic acids is 1. The first-order valence-electron chi connectivity index (χ1n) is 17.4. The highest BCUT2D eigenvalue weighted by Crippen LogP contribution is 2.33. The number of rotatable bonds is 28. The molecule has 0 saturated carbocycles. The summed E-state index contributed by atoms with van der Waals surface area (Å²) in [6.45, 7) is 4.11. The van der Waals surface area contributed by atoms with E-state index in [-0.39, 0.29) is 49.3 Å². The molecule has 8 N–H and O–H groups in total. The van der Waals surface area contributed by atoms with Gasteiger partial charge in [0, 0.05) is 54.5 Å². The van der Waals surface area contributed by atoms with Crippen molar-refractivity contribution in [2.45, 2.75) is 68.7 Å². The smallest absolute Gasteiger partial charge is 0.315 e. The van der Waals surface area contributed by atoms with Crippen molar-refractivity contribution < 1.29 is 43.2 Å². The fourth-order valence-electron chi connectivity index (χ4n) is 5.49. The van der Waals surface area contributed by atoms with E-state index in [1.54, 1.807) is 18.3 Å². The first-order chi connectivity index (χ1) is 24.8. The number of hydrogen-bond acceptors (Lipinski definition) is 13. The molecule has 2 saturated heterocycles. The molecule has 51 heavy (non-hydrogen) atoms. The minimum Gasteiger partial charge on any atom is -0.481 e.